The van der Waals surface area contributed by atoms with Crippen LogP contribution in [-0.4, -0.2) is 44.0 Å². The van der Waals surface area contributed by atoms with Crippen molar-refractivity contribution < 1.29 is 9.59 Å². The third-order valence-corrected chi connectivity index (χ3v) is 2.76. The molecule has 1 aromatic carbocycles. The van der Waals surface area contributed by atoms with E-state index in [4.69, 9.17) is 11.5 Å². The summed E-state index contributed by atoms with van der Waals surface area (Å²) >= 11 is 0. The second kappa shape index (κ2) is 9.87. The largest absolute Gasteiger partial charge is 0.353 e. The van der Waals surface area contributed by atoms with E-state index in [1.165, 1.54) is 0 Å². The molecule has 0 unspecified atom stereocenters. The van der Waals surface area contributed by atoms with Crippen LogP contribution in [0.25, 0.3) is 0 Å². The van der Waals surface area contributed by atoms with Gasteiger partial charge in [-0.15, -0.1) is 0 Å². The molecule has 1 aromatic rings. The lowest BCUT2D eigenvalue weighted by atomic mass is 10.2. The molecule has 0 saturated heterocycles. The molecule has 1 rings (SSSR count). The van der Waals surface area contributed by atoms with Crippen molar-refractivity contribution in [3.8, 4) is 0 Å². The smallest absolute Gasteiger partial charge is 0.246 e. The zero-order valence-corrected chi connectivity index (χ0v) is 12.0. The lowest BCUT2D eigenvalue weighted by molar-refractivity contribution is -0.132. The Bertz CT molecular complexity index is 418. The second-order valence-electron chi connectivity index (χ2n) is 4.46. The van der Waals surface area contributed by atoms with Crippen molar-refractivity contribution in [1.82, 2.24) is 16.0 Å². The summed E-state index contributed by atoms with van der Waals surface area (Å²) in [6.07, 6.45) is 0. The Balaban J connectivity index is 2.62. The fraction of sp³-hybridized carbons (Fsp3) is 0.429. The van der Waals surface area contributed by atoms with E-state index in [2.05, 4.69) is 16.0 Å². The Morgan fingerprint density at radius 1 is 0.952 bits per heavy atom. The topological polar surface area (TPSA) is 122 Å². The Morgan fingerprint density at radius 2 is 1.48 bits per heavy atom. The first-order valence-electron chi connectivity index (χ1n) is 6.92. The molecular formula is C14H23N5O2. The minimum Gasteiger partial charge on any atom is -0.353 e. The molecule has 7 N–H and O–H groups in total. The first kappa shape index (κ1) is 17.1. The van der Waals surface area contributed by atoms with Crippen LogP contribution in [0.15, 0.2) is 30.3 Å². The minimum atomic E-state index is -0.969. The molecule has 0 aliphatic heterocycles. The van der Waals surface area contributed by atoms with Gasteiger partial charge in [-0.05, 0) is 5.56 Å². The van der Waals surface area contributed by atoms with Gasteiger partial charge in [0, 0.05) is 32.7 Å². The number of carbonyl (C=O) groups excluding carboxylic acids is 2. The van der Waals surface area contributed by atoms with Gasteiger partial charge in [0.1, 0.15) is 0 Å². The third-order valence-electron chi connectivity index (χ3n) is 2.76. The van der Waals surface area contributed by atoms with Gasteiger partial charge in [-0.2, -0.15) is 0 Å². The number of carbonyl (C=O) groups is 2. The van der Waals surface area contributed by atoms with Gasteiger partial charge in [-0.1, -0.05) is 30.3 Å². The fourth-order valence-electron chi connectivity index (χ4n) is 1.72. The van der Waals surface area contributed by atoms with E-state index >= 15 is 0 Å². The highest BCUT2D eigenvalue weighted by atomic mass is 16.2. The van der Waals surface area contributed by atoms with E-state index in [1.807, 2.05) is 30.3 Å². The molecule has 0 radical (unpaired) electrons. The van der Waals surface area contributed by atoms with Crippen molar-refractivity contribution in [2.75, 3.05) is 26.2 Å². The molecule has 7 heteroatoms. The third kappa shape index (κ3) is 6.35. The highest BCUT2D eigenvalue weighted by molar-refractivity contribution is 6.04. The van der Waals surface area contributed by atoms with Crippen molar-refractivity contribution in [2.24, 2.45) is 11.5 Å². The summed E-state index contributed by atoms with van der Waals surface area (Å²) in [7, 11) is 0. The van der Waals surface area contributed by atoms with Crippen LogP contribution in [0.2, 0.25) is 0 Å². The molecule has 0 aliphatic carbocycles. The summed E-state index contributed by atoms with van der Waals surface area (Å²) in [5.41, 5.74) is 11.7. The van der Waals surface area contributed by atoms with Gasteiger partial charge in [0.05, 0.1) is 0 Å². The van der Waals surface area contributed by atoms with Crippen molar-refractivity contribution in [3.63, 3.8) is 0 Å². The van der Waals surface area contributed by atoms with Crippen LogP contribution < -0.4 is 27.4 Å². The van der Waals surface area contributed by atoms with Crippen LogP contribution in [0.4, 0.5) is 0 Å². The molecule has 0 saturated carbocycles. The quantitative estimate of drug-likeness (QED) is 0.347. The van der Waals surface area contributed by atoms with E-state index in [0.29, 0.717) is 32.7 Å². The van der Waals surface area contributed by atoms with Crippen LogP contribution in [0, 0.1) is 0 Å². The first-order chi connectivity index (χ1) is 10.2. The summed E-state index contributed by atoms with van der Waals surface area (Å²) < 4.78 is 0. The number of benzene rings is 1. The summed E-state index contributed by atoms with van der Waals surface area (Å²) in [6.45, 7) is 1.71. The number of rotatable bonds is 9. The van der Waals surface area contributed by atoms with Crippen molar-refractivity contribution in [3.05, 3.63) is 35.9 Å². The predicted molar refractivity (Wildman–Crippen MR) is 81.2 cm³/mol. The molecule has 0 atom stereocenters. The molecule has 0 heterocycles. The SMILES string of the molecule is NCCNC(=O)C(NCc1ccccc1)C(=O)NCCN. The monoisotopic (exact) mass is 293 g/mol. The zero-order chi connectivity index (χ0) is 15.5. The van der Waals surface area contributed by atoms with Crippen LogP contribution in [-0.2, 0) is 16.1 Å². The number of nitrogens with two attached hydrogens (primary N) is 2. The van der Waals surface area contributed by atoms with Crippen LogP contribution in [0.1, 0.15) is 5.56 Å². The summed E-state index contributed by atoms with van der Waals surface area (Å²) in [5.74, 6) is -0.795. The minimum absolute atomic E-state index is 0.321. The van der Waals surface area contributed by atoms with Gasteiger partial charge < -0.3 is 22.1 Å². The zero-order valence-electron chi connectivity index (χ0n) is 12.0. The van der Waals surface area contributed by atoms with Gasteiger partial charge in [0.2, 0.25) is 11.8 Å². The Hall–Kier alpha value is -1.96. The molecule has 0 fully saturated rings. The average Bonchev–Trinajstić information content (AvgIpc) is 2.52. The molecule has 0 aliphatic rings. The second-order valence-corrected chi connectivity index (χ2v) is 4.46. The lowest BCUT2D eigenvalue weighted by Crippen LogP contribution is -2.54. The van der Waals surface area contributed by atoms with E-state index in [-0.39, 0.29) is 0 Å². The van der Waals surface area contributed by atoms with Crippen molar-refractivity contribution in [2.45, 2.75) is 12.6 Å². The predicted octanol–water partition coefficient (Wildman–Crippen LogP) is -1.71. The molecule has 0 bridgehead atoms. The standard InChI is InChI=1S/C14H23N5O2/c15-6-8-17-13(20)12(14(21)18-9-7-16)19-10-11-4-2-1-3-5-11/h1-5,12,19H,6-10,15-16H2,(H,17,20)(H,18,21). The molecule has 7 nitrogen and oxygen atoms in total. The average molecular weight is 293 g/mol. The van der Waals surface area contributed by atoms with E-state index < -0.39 is 17.9 Å². The fourth-order valence-corrected chi connectivity index (χ4v) is 1.72. The normalized spacial score (nSPS) is 10.4. The maximum atomic E-state index is 12.0. The summed E-state index contributed by atoms with van der Waals surface area (Å²) in [5, 5.41) is 8.16. The van der Waals surface area contributed by atoms with Crippen molar-refractivity contribution in [1.29, 1.82) is 0 Å². The lowest BCUT2D eigenvalue weighted by Gasteiger charge is -2.18. The number of hydrogen-bond donors (Lipinski definition) is 5. The molecule has 0 aromatic heterocycles. The molecule has 0 spiro atoms. The maximum Gasteiger partial charge on any atom is 0.246 e. The Labute approximate surface area is 124 Å². The number of hydrogen-bond acceptors (Lipinski definition) is 5. The van der Waals surface area contributed by atoms with Crippen molar-refractivity contribution >= 4 is 11.8 Å². The number of amides is 2. The molecule has 21 heavy (non-hydrogen) atoms. The summed E-state index contributed by atoms with van der Waals surface area (Å²) in [6, 6.07) is 8.56. The Morgan fingerprint density at radius 3 is 1.95 bits per heavy atom. The van der Waals surface area contributed by atoms with Gasteiger partial charge in [0.15, 0.2) is 6.04 Å². The molecule has 116 valence electrons. The maximum absolute atomic E-state index is 12.0. The van der Waals surface area contributed by atoms with Crippen LogP contribution >= 0.6 is 0 Å². The Kier molecular flexibility index (Phi) is 8.03. The van der Waals surface area contributed by atoms with E-state index in [1.54, 1.807) is 0 Å². The highest BCUT2D eigenvalue weighted by Crippen LogP contribution is 1.98. The number of nitrogens with one attached hydrogen (secondary N) is 3. The van der Waals surface area contributed by atoms with Crippen LogP contribution in [0.3, 0.4) is 0 Å². The van der Waals surface area contributed by atoms with Gasteiger partial charge in [-0.25, -0.2) is 0 Å². The van der Waals surface area contributed by atoms with Gasteiger partial charge >= 0.3 is 0 Å². The van der Waals surface area contributed by atoms with Gasteiger partial charge in [-0.3, -0.25) is 14.9 Å². The molecular weight excluding hydrogens is 270 g/mol. The summed E-state index contributed by atoms with van der Waals surface area (Å²) in [4.78, 5) is 24.0. The van der Waals surface area contributed by atoms with Crippen LogP contribution in [0.5, 0.6) is 0 Å². The first-order valence-corrected chi connectivity index (χ1v) is 6.92. The van der Waals surface area contributed by atoms with E-state index in [0.717, 1.165) is 5.56 Å². The van der Waals surface area contributed by atoms with Gasteiger partial charge in [0.25, 0.3) is 0 Å². The van der Waals surface area contributed by atoms with E-state index in [9.17, 15) is 9.59 Å². The highest BCUT2D eigenvalue weighted by Gasteiger charge is 2.25. The molecule has 2 amide bonds.